The number of hydrogen-bond acceptors (Lipinski definition) is 21. The number of benzene rings is 4. The van der Waals surface area contributed by atoms with Gasteiger partial charge in [0, 0.05) is 212 Å². The fourth-order valence-electron chi connectivity index (χ4n) is 14.4. The molecule has 10 aromatic heterocycles. The number of carbonyl (C=O) groups excluding carboxylic acids is 2. The van der Waals surface area contributed by atoms with Crippen LogP contribution in [0.3, 0.4) is 0 Å². The van der Waals surface area contributed by atoms with E-state index < -0.39 is 15.6 Å². The van der Waals surface area contributed by atoms with Crippen LogP contribution in [0.25, 0.3) is 124 Å². The van der Waals surface area contributed by atoms with Gasteiger partial charge in [-0.15, -0.1) is 0 Å². The first-order valence-corrected chi connectivity index (χ1v) is 61.0. The second kappa shape index (κ2) is 65.9. The molecule has 16 rings (SSSR count). The monoisotopic (exact) mass is 2760 g/mol. The number of hydrogen-bond donors (Lipinski definition) is 4. The molecule has 0 saturated heterocycles. The van der Waals surface area contributed by atoms with Crippen LogP contribution in [-0.2, 0) is 64.4 Å². The SMILES string of the molecule is CCN(CC)c1ccc2c(-c3ccnc(-c4cc(C)ccn4)c3)c3ccc(=[N+](CC)CC)cc-3oc2c1.CCN(CC)c1ccc2c(-c3ccnc(-c4cc(C)ccn4)c3)c3ccc(=[N+](CC)CC)cc-3oc2c1.CO.CO.CO.CO.COc1ccnc(-c2cc(C)ccn2)c1.Cc1ccnc(-c2cc(C)ccn2)c1.Cc1ccnc(-c2cc(C)ccn2)c1.F[P-](F)(F)(F)(F)F.F[P-](F)(F)(F)(F)F.[Br][Re].[Br][Re].[CH-]=O.[CH-]=O.[CH3-].[Re]. The minimum atomic E-state index is -10.7. The normalized spacial score (nSPS) is 11.0. The molecule has 12 aromatic rings. The maximum Gasteiger partial charge on any atom is 0 e. The van der Waals surface area contributed by atoms with E-state index in [1.54, 1.807) is 19.5 Å². The summed E-state index contributed by atoms with van der Waals surface area (Å²) in [4.78, 5) is 64.3. The van der Waals surface area contributed by atoms with Crippen LogP contribution in [0.2, 0.25) is 0 Å². The second-order valence-electron chi connectivity index (χ2n) is 30.8. The van der Waals surface area contributed by atoms with Gasteiger partial charge in [0.15, 0.2) is 0 Å². The average Bonchev–Trinajstić information content (AvgIpc) is 0.746. The summed E-state index contributed by atoms with van der Waals surface area (Å²) in [5.74, 6) is 2.56. The molecule has 149 heavy (non-hydrogen) atoms. The fourth-order valence-corrected chi connectivity index (χ4v) is 14.4. The Hall–Kier alpha value is -11.1. The summed E-state index contributed by atoms with van der Waals surface area (Å²) in [6.45, 7) is 46.0. The summed E-state index contributed by atoms with van der Waals surface area (Å²) in [5, 5.41) is 32.5. The number of aryl methyl sites for hydroxylation is 7. The first kappa shape index (κ1) is 138. The van der Waals surface area contributed by atoms with Crippen LogP contribution >= 0.6 is 42.5 Å². The molecule has 4 aliphatic rings. The smallest absolute Gasteiger partial charge is 0 e. The number of ether oxygens (including phenoxy) is 1. The van der Waals surface area contributed by atoms with Crippen molar-refractivity contribution in [3.8, 4) is 108 Å². The summed E-state index contributed by atoms with van der Waals surface area (Å²) in [7, 11) is -15.7. The maximum absolute atomic E-state index is 10.7. The molecule has 2 aromatic carbocycles. The van der Waals surface area contributed by atoms with Gasteiger partial charge in [0.1, 0.15) is 54.6 Å². The predicted molar refractivity (Wildman–Crippen MR) is 578 cm³/mol. The van der Waals surface area contributed by atoms with Gasteiger partial charge in [-0.05, 0) is 306 Å². The van der Waals surface area contributed by atoms with E-state index >= 15 is 0 Å². The van der Waals surface area contributed by atoms with Gasteiger partial charge in [-0.1, -0.05) is 0 Å². The number of rotatable bonds is 18. The van der Waals surface area contributed by atoms with E-state index in [-0.39, 0.29) is 27.8 Å². The third-order valence-corrected chi connectivity index (χ3v) is 20.7. The van der Waals surface area contributed by atoms with Crippen molar-refractivity contribution < 1.29 is 149 Å². The number of nitrogens with zero attached hydrogens (tertiary/aromatic N) is 14. The van der Waals surface area contributed by atoms with Crippen LogP contribution < -0.4 is 34.4 Å². The Labute approximate surface area is 912 Å². The fraction of sp³-hybridized carbons (Fsp3) is 0.262. The Morgan fingerprint density at radius 1 is 0.315 bits per heavy atom. The van der Waals surface area contributed by atoms with Crippen molar-refractivity contribution in [2.45, 2.75) is 104 Å². The molecule has 23 nitrogen and oxygen atoms in total. The number of pyridine rings is 10. The molecule has 0 bridgehead atoms. The van der Waals surface area contributed by atoms with Crippen LogP contribution in [-0.4, -0.2) is 172 Å². The third kappa shape index (κ3) is 48.4. The van der Waals surface area contributed by atoms with Gasteiger partial charge < -0.3 is 60.8 Å². The number of aliphatic hydroxyl groups excluding tert-OH is 4. The topological polar surface area (TPSA) is 292 Å². The maximum atomic E-state index is 9.87. The van der Waals surface area contributed by atoms with E-state index in [0.717, 1.165) is 210 Å². The van der Waals surface area contributed by atoms with E-state index in [9.17, 15) is 50.4 Å². The van der Waals surface area contributed by atoms with Gasteiger partial charge in [0.25, 0.3) is 0 Å². The molecule has 0 saturated carbocycles. The first-order valence-electron chi connectivity index (χ1n) is 45.1. The van der Waals surface area contributed by atoms with Crippen LogP contribution in [0, 0.1) is 55.9 Å². The molecule has 42 heteroatoms. The molecule has 12 heterocycles. The van der Waals surface area contributed by atoms with E-state index in [4.69, 9.17) is 43.6 Å². The summed E-state index contributed by atoms with van der Waals surface area (Å²) in [6.07, 6.45) is 18.2. The molecular formula is C107H127Br2F12N14O9P2Re3-3. The number of methoxy groups -OCH3 is 1. The Morgan fingerprint density at radius 3 is 0.732 bits per heavy atom. The molecular weight excluding hydrogens is 2630 g/mol. The van der Waals surface area contributed by atoms with Gasteiger partial charge in [0.2, 0.25) is 10.7 Å². The van der Waals surface area contributed by atoms with Crippen molar-refractivity contribution in [3.63, 3.8) is 0 Å². The zero-order valence-electron chi connectivity index (χ0n) is 86.5. The van der Waals surface area contributed by atoms with Crippen LogP contribution in [0.15, 0.2) is 265 Å². The summed E-state index contributed by atoms with van der Waals surface area (Å²) < 4.78 is 141. The molecule has 0 spiro atoms. The molecule has 0 amide bonds. The molecule has 0 fully saturated rings. The van der Waals surface area contributed by atoms with Crippen molar-refractivity contribution >= 4 is 89.4 Å². The minimum Gasteiger partial charge on any atom is -0.545 e. The Morgan fingerprint density at radius 2 is 0.523 bits per heavy atom. The third-order valence-electron chi connectivity index (χ3n) is 20.7. The summed E-state index contributed by atoms with van der Waals surface area (Å²) in [6, 6.07) is 66.7. The van der Waals surface area contributed by atoms with Crippen LogP contribution in [0.1, 0.15) is 94.3 Å². The zero-order valence-corrected chi connectivity index (χ0v) is 99.6. The molecule has 0 unspecified atom stereocenters. The Kier molecular flexibility index (Phi) is 60.9. The summed E-state index contributed by atoms with van der Waals surface area (Å²) in [5.41, 5.74) is 28.1. The zero-order chi connectivity index (χ0) is 111. The van der Waals surface area contributed by atoms with Gasteiger partial charge >= 0.3 is 127 Å². The Balaban J connectivity index is 0.00000179. The molecule has 2 aliphatic heterocycles. The van der Waals surface area contributed by atoms with Crippen LogP contribution in [0.4, 0.5) is 61.7 Å². The first-order chi connectivity index (χ1) is 69.8. The predicted octanol–water partition coefficient (Wildman–Crippen LogP) is 28.0. The van der Waals surface area contributed by atoms with E-state index in [0.29, 0.717) is 0 Å². The van der Waals surface area contributed by atoms with Crippen molar-refractivity contribution in [2.75, 3.05) is 97.7 Å². The van der Waals surface area contributed by atoms with Crippen molar-refractivity contribution in [2.24, 2.45) is 0 Å². The second-order valence-corrected chi connectivity index (χ2v) is 34.6. The summed E-state index contributed by atoms with van der Waals surface area (Å²) >= 11 is 9.06. The van der Waals surface area contributed by atoms with Gasteiger partial charge in [-0.2, -0.15) is 0 Å². The molecule has 811 valence electrons. The Bertz CT molecular complexity index is 6370. The number of halogens is 14. The number of aromatic nitrogens is 10. The quantitative estimate of drug-likeness (QED) is 0.0155. The van der Waals surface area contributed by atoms with E-state index in [1.165, 1.54) is 95.4 Å². The van der Waals surface area contributed by atoms with Crippen molar-refractivity contribution in [1.82, 2.24) is 59.0 Å². The van der Waals surface area contributed by atoms with E-state index in [1.807, 2.05) is 141 Å². The van der Waals surface area contributed by atoms with Gasteiger partial charge in [-0.3, -0.25) is 63.4 Å². The number of anilines is 2. The average molecular weight is 2760 g/mol. The standard InChI is InChI=1S/2C32H35N4O.C12H12N2O.2C12H12N2.4CH4O.2CHO.CH3.2BrH.2F6P.3Re/c2*1-6-35(7-2)24-10-12-26-30(20-24)37-31-21-25(36(8-3)9-4)11-13-27(31)32(26)23-15-17-34-29(19-23)28-18-22(5)14-16-33-28;1-9-3-5-13-11(7-9)12-8-10(15-2)4-6-14-12;2*1-9-3-5-13-11(7-9)12-8-10(2)4-6-14-12;6*1-2;;;;2*1-7(2,3,4,5)6;;;/h2*10-21H,6-9H2,1-5H3;3-8H,1-2H3;2*3-8H,1-2H3;4*2H,1H3;2*1H;1H3;2*1H;;;;;/q2*+1;;;;;;;;3*-1;;;2*-1;;2*+1/p-2. The molecule has 0 atom stereocenters. The van der Waals surface area contributed by atoms with Crippen LogP contribution in [0.5, 0.6) is 5.75 Å². The molecule has 4 N–H and O–H groups in total. The minimum absolute atomic E-state index is 0. The van der Waals surface area contributed by atoms with Gasteiger partial charge in [0.05, 0.1) is 76.2 Å². The van der Waals surface area contributed by atoms with Gasteiger partial charge in [-0.25, -0.2) is 9.15 Å². The molecule has 2 aliphatic carbocycles. The number of fused-ring (bicyclic) bond motifs is 4. The van der Waals surface area contributed by atoms with Crippen molar-refractivity contribution in [1.29, 1.82) is 0 Å². The number of aliphatic hydroxyl groups is 4. The molecule has 1 radical (unpaired) electrons. The largest absolute Gasteiger partial charge is 0.545 e. The van der Waals surface area contributed by atoms with E-state index in [2.05, 4.69) is 315 Å². The van der Waals surface area contributed by atoms with Crippen molar-refractivity contribution in [3.05, 3.63) is 313 Å².